The third kappa shape index (κ3) is 2.26. The lowest BCUT2D eigenvalue weighted by molar-refractivity contribution is -0.145. The summed E-state index contributed by atoms with van der Waals surface area (Å²) in [4.78, 5) is 11.9. The van der Waals surface area contributed by atoms with Crippen LogP contribution in [0.2, 0.25) is 0 Å². The molecular formula is C14H18O2. The van der Waals surface area contributed by atoms with Gasteiger partial charge in [-0.05, 0) is 36.8 Å². The number of esters is 1. The van der Waals surface area contributed by atoms with E-state index in [0.717, 1.165) is 25.7 Å². The fourth-order valence-corrected chi connectivity index (χ4v) is 2.30. The molecule has 0 spiro atoms. The molecule has 1 unspecified atom stereocenters. The molecule has 0 aliphatic heterocycles. The number of carbonyl (C=O) groups excluding carboxylic acids is 1. The number of aryl methyl sites for hydroxylation is 1. The summed E-state index contributed by atoms with van der Waals surface area (Å²) >= 11 is 0. The summed E-state index contributed by atoms with van der Waals surface area (Å²) in [5, 5.41) is 0. The van der Waals surface area contributed by atoms with Gasteiger partial charge in [-0.2, -0.15) is 0 Å². The van der Waals surface area contributed by atoms with E-state index in [1.165, 1.54) is 11.1 Å². The Labute approximate surface area is 96.6 Å². The summed E-state index contributed by atoms with van der Waals surface area (Å²) in [5.74, 6) is -0.0782. The van der Waals surface area contributed by atoms with Crippen LogP contribution in [0.25, 0.3) is 0 Å². The summed E-state index contributed by atoms with van der Waals surface area (Å²) < 4.78 is 5.25. The van der Waals surface area contributed by atoms with Crippen molar-refractivity contribution in [2.24, 2.45) is 0 Å². The van der Waals surface area contributed by atoms with Crippen molar-refractivity contribution in [1.29, 1.82) is 0 Å². The van der Waals surface area contributed by atoms with Gasteiger partial charge in [-0.3, -0.25) is 4.79 Å². The Morgan fingerprint density at radius 2 is 2.25 bits per heavy atom. The molecule has 1 atom stereocenters. The first-order valence-electron chi connectivity index (χ1n) is 6.07. The van der Waals surface area contributed by atoms with Crippen LogP contribution in [0.3, 0.4) is 0 Å². The third-order valence-electron chi connectivity index (χ3n) is 3.10. The summed E-state index contributed by atoms with van der Waals surface area (Å²) in [6.45, 7) is 2.56. The molecule has 0 heterocycles. The highest BCUT2D eigenvalue weighted by Gasteiger charge is 2.26. The molecule has 0 aromatic heterocycles. The minimum atomic E-state index is -0.0472. The first kappa shape index (κ1) is 11.2. The maximum Gasteiger partial charge on any atom is 0.313 e. The van der Waals surface area contributed by atoms with Gasteiger partial charge in [0.1, 0.15) is 0 Å². The molecular weight excluding hydrogens is 200 g/mol. The van der Waals surface area contributed by atoms with E-state index >= 15 is 0 Å². The van der Waals surface area contributed by atoms with E-state index in [9.17, 15) is 4.79 Å². The lowest BCUT2D eigenvalue weighted by Crippen LogP contribution is -2.21. The number of hydrogen-bond acceptors (Lipinski definition) is 2. The average molecular weight is 218 g/mol. The van der Waals surface area contributed by atoms with Gasteiger partial charge in [-0.15, -0.1) is 0 Å². The molecule has 0 radical (unpaired) electrons. The zero-order valence-corrected chi connectivity index (χ0v) is 9.74. The van der Waals surface area contributed by atoms with Crippen LogP contribution >= 0.6 is 0 Å². The minimum absolute atomic E-state index is 0.0310. The van der Waals surface area contributed by atoms with E-state index in [1.54, 1.807) is 0 Å². The van der Waals surface area contributed by atoms with E-state index in [-0.39, 0.29) is 11.9 Å². The van der Waals surface area contributed by atoms with Gasteiger partial charge in [0.2, 0.25) is 0 Å². The lowest BCUT2D eigenvalue weighted by Gasteiger charge is -2.23. The van der Waals surface area contributed by atoms with E-state index in [2.05, 4.69) is 12.1 Å². The van der Waals surface area contributed by atoms with Crippen LogP contribution in [-0.4, -0.2) is 12.6 Å². The van der Waals surface area contributed by atoms with Crippen molar-refractivity contribution >= 4 is 5.97 Å². The van der Waals surface area contributed by atoms with Crippen molar-refractivity contribution in [2.45, 2.75) is 38.5 Å². The molecule has 16 heavy (non-hydrogen) atoms. The van der Waals surface area contributed by atoms with Gasteiger partial charge in [-0.1, -0.05) is 31.2 Å². The SMILES string of the molecule is CCCOC(=O)C1CCCc2ccccc21. The predicted molar refractivity (Wildman–Crippen MR) is 63.4 cm³/mol. The Morgan fingerprint density at radius 3 is 3.06 bits per heavy atom. The molecule has 1 aliphatic rings. The fraction of sp³-hybridized carbons (Fsp3) is 0.500. The summed E-state index contributed by atoms with van der Waals surface area (Å²) in [6.07, 6.45) is 4.00. The number of carbonyl (C=O) groups is 1. The van der Waals surface area contributed by atoms with Crippen molar-refractivity contribution < 1.29 is 9.53 Å². The van der Waals surface area contributed by atoms with Crippen molar-refractivity contribution in [3.8, 4) is 0 Å². The number of ether oxygens (including phenoxy) is 1. The van der Waals surface area contributed by atoms with Gasteiger partial charge in [0.05, 0.1) is 12.5 Å². The van der Waals surface area contributed by atoms with Crippen molar-refractivity contribution in [1.82, 2.24) is 0 Å². The monoisotopic (exact) mass is 218 g/mol. The Kier molecular flexibility index (Phi) is 3.60. The topological polar surface area (TPSA) is 26.3 Å². The Hall–Kier alpha value is -1.31. The van der Waals surface area contributed by atoms with E-state index < -0.39 is 0 Å². The van der Waals surface area contributed by atoms with Gasteiger partial charge >= 0.3 is 5.97 Å². The molecule has 0 bridgehead atoms. The van der Waals surface area contributed by atoms with Crippen molar-refractivity contribution in [3.63, 3.8) is 0 Å². The highest BCUT2D eigenvalue weighted by molar-refractivity contribution is 5.79. The number of hydrogen-bond donors (Lipinski definition) is 0. The molecule has 86 valence electrons. The Bertz CT molecular complexity index is 371. The lowest BCUT2D eigenvalue weighted by atomic mass is 9.83. The van der Waals surface area contributed by atoms with Crippen molar-refractivity contribution in [2.75, 3.05) is 6.61 Å². The number of benzene rings is 1. The zero-order valence-electron chi connectivity index (χ0n) is 9.74. The van der Waals surface area contributed by atoms with Gasteiger partial charge in [0.25, 0.3) is 0 Å². The normalized spacial score (nSPS) is 18.9. The van der Waals surface area contributed by atoms with Gasteiger partial charge in [0.15, 0.2) is 0 Å². The van der Waals surface area contributed by atoms with Crippen LogP contribution in [0.1, 0.15) is 43.2 Å². The van der Waals surface area contributed by atoms with E-state index in [1.807, 2.05) is 19.1 Å². The van der Waals surface area contributed by atoms with Gasteiger partial charge < -0.3 is 4.74 Å². The number of fused-ring (bicyclic) bond motifs is 1. The van der Waals surface area contributed by atoms with Crippen LogP contribution in [-0.2, 0) is 16.0 Å². The molecule has 2 nitrogen and oxygen atoms in total. The fourth-order valence-electron chi connectivity index (χ4n) is 2.30. The minimum Gasteiger partial charge on any atom is -0.465 e. The maximum atomic E-state index is 11.9. The van der Waals surface area contributed by atoms with Crippen LogP contribution < -0.4 is 0 Å². The molecule has 1 aromatic rings. The quantitative estimate of drug-likeness (QED) is 0.729. The van der Waals surface area contributed by atoms with Crippen LogP contribution in [0.5, 0.6) is 0 Å². The second kappa shape index (κ2) is 5.15. The Morgan fingerprint density at radius 1 is 1.44 bits per heavy atom. The summed E-state index contributed by atoms with van der Waals surface area (Å²) in [7, 11) is 0. The molecule has 0 N–H and O–H groups in total. The first-order valence-corrected chi connectivity index (χ1v) is 6.07. The first-order chi connectivity index (χ1) is 7.83. The summed E-state index contributed by atoms with van der Waals surface area (Å²) in [5.41, 5.74) is 2.49. The van der Waals surface area contributed by atoms with Gasteiger partial charge in [0, 0.05) is 0 Å². The molecule has 1 aliphatic carbocycles. The average Bonchev–Trinajstić information content (AvgIpc) is 2.35. The van der Waals surface area contributed by atoms with E-state index in [0.29, 0.717) is 6.61 Å². The molecule has 2 rings (SSSR count). The maximum absolute atomic E-state index is 11.9. The molecule has 0 saturated heterocycles. The van der Waals surface area contributed by atoms with Crippen LogP contribution in [0.4, 0.5) is 0 Å². The van der Waals surface area contributed by atoms with E-state index in [4.69, 9.17) is 4.74 Å². The van der Waals surface area contributed by atoms with Crippen molar-refractivity contribution in [3.05, 3.63) is 35.4 Å². The number of rotatable bonds is 3. The molecule has 2 heteroatoms. The van der Waals surface area contributed by atoms with Gasteiger partial charge in [-0.25, -0.2) is 0 Å². The zero-order chi connectivity index (χ0) is 11.4. The molecule has 1 aromatic carbocycles. The molecule has 0 fully saturated rings. The largest absolute Gasteiger partial charge is 0.465 e. The predicted octanol–water partition coefficient (Wildman–Crippen LogP) is 3.06. The summed E-state index contributed by atoms with van der Waals surface area (Å²) in [6, 6.07) is 8.23. The molecule has 0 saturated carbocycles. The Balaban J connectivity index is 2.15. The highest BCUT2D eigenvalue weighted by atomic mass is 16.5. The molecule has 0 amide bonds. The smallest absolute Gasteiger partial charge is 0.313 e. The van der Waals surface area contributed by atoms with Crippen LogP contribution in [0, 0.1) is 0 Å². The second-order valence-corrected chi connectivity index (χ2v) is 4.31. The second-order valence-electron chi connectivity index (χ2n) is 4.31. The highest BCUT2D eigenvalue weighted by Crippen LogP contribution is 2.32. The third-order valence-corrected chi connectivity index (χ3v) is 3.10. The standard InChI is InChI=1S/C14H18O2/c1-2-10-16-14(15)13-9-5-7-11-6-3-4-8-12(11)13/h3-4,6,8,13H,2,5,7,9-10H2,1H3. The van der Waals surface area contributed by atoms with Crippen LogP contribution in [0.15, 0.2) is 24.3 Å².